The van der Waals surface area contributed by atoms with Gasteiger partial charge < -0.3 is 10.2 Å². The highest BCUT2D eigenvalue weighted by molar-refractivity contribution is 9.10. The Bertz CT molecular complexity index is 1080. The van der Waals surface area contributed by atoms with Gasteiger partial charge in [0.25, 0.3) is 0 Å². The lowest BCUT2D eigenvalue weighted by molar-refractivity contribution is -0.141. The van der Waals surface area contributed by atoms with Gasteiger partial charge in [-0.05, 0) is 49.1 Å². The van der Waals surface area contributed by atoms with Gasteiger partial charge in [0.05, 0.1) is 6.42 Å². The maximum absolute atomic E-state index is 13.7. The van der Waals surface area contributed by atoms with Gasteiger partial charge in [0, 0.05) is 23.5 Å². The first kappa shape index (κ1) is 25.7. The van der Waals surface area contributed by atoms with E-state index in [2.05, 4.69) is 21.2 Å². The van der Waals surface area contributed by atoms with Crippen LogP contribution in [-0.2, 0) is 29.0 Å². The summed E-state index contributed by atoms with van der Waals surface area (Å²) in [5, 5.41) is 3.11. The quantitative estimate of drug-likeness (QED) is 0.364. The maximum Gasteiger partial charge on any atom is 0.243 e. The molecule has 3 rings (SSSR count). The Labute approximate surface area is 211 Å². The van der Waals surface area contributed by atoms with Crippen molar-refractivity contribution in [1.82, 2.24) is 10.2 Å². The first-order valence-electron chi connectivity index (χ1n) is 11.8. The van der Waals surface area contributed by atoms with Gasteiger partial charge in [0.2, 0.25) is 11.8 Å². The molecule has 2 amide bonds. The summed E-state index contributed by atoms with van der Waals surface area (Å²) in [6.45, 7) is 6.42. The molecule has 3 aromatic carbocycles. The summed E-state index contributed by atoms with van der Waals surface area (Å²) < 4.78 is 0.976. The smallest absolute Gasteiger partial charge is 0.243 e. The SMILES string of the molecule is CC[C@@H](C)NC(=O)[C@H](Cc1ccccc1)N(Cc1ccc(Br)cc1)C(=O)Cc1cccc(C)c1. The number of nitrogens with one attached hydrogen (secondary N) is 1. The fourth-order valence-electron chi connectivity index (χ4n) is 3.88. The summed E-state index contributed by atoms with van der Waals surface area (Å²) in [4.78, 5) is 29.0. The van der Waals surface area contributed by atoms with Crippen molar-refractivity contribution in [1.29, 1.82) is 0 Å². The van der Waals surface area contributed by atoms with E-state index < -0.39 is 6.04 Å². The van der Waals surface area contributed by atoms with Gasteiger partial charge in [-0.1, -0.05) is 95.1 Å². The molecule has 3 aromatic rings. The number of hydrogen-bond acceptors (Lipinski definition) is 2. The molecule has 4 nitrogen and oxygen atoms in total. The molecule has 0 spiro atoms. The third kappa shape index (κ3) is 7.56. The molecular formula is C29H33BrN2O2. The predicted molar refractivity (Wildman–Crippen MR) is 141 cm³/mol. The molecule has 0 aliphatic heterocycles. The van der Waals surface area contributed by atoms with Crippen LogP contribution < -0.4 is 5.32 Å². The van der Waals surface area contributed by atoms with Crippen LogP contribution in [0.1, 0.15) is 42.5 Å². The molecule has 0 aliphatic rings. The fourth-order valence-corrected chi connectivity index (χ4v) is 4.14. The number of halogens is 1. The molecule has 0 aromatic heterocycles. The number of rotatable bonds is 10. The minimum absolute atomic E-state index is 0.0344. The normalized spacial score (nSPS) is 12.6. The minimum Gasteiger partial charge on any atom is -0.352 e. The highest BCUT2D eigenvalue weighted by atomic mass is 79.9. The van der Waals surface area contributed by atoms with Gasteiger partial charge in [0.1, 0.15) is 6.04 Å². The van der Waals surface area contributed by atoms with Crippen molar-refractivity contribution in [2.45, 2.75) is 58.7 Å². The molecule has 0 saturated carbocycles. The van der Waals surface area contributed by atoms with Gasteiger partial charge in [-0.2, -0.15) is 0 Å². The Morgan fingerprint density at radius 3 is 2.24 bits per heavy atom. The monoisotopic (exact) mass is 520 g/mol. The molecule has 0 heterocycles. The number of carbonyl (C=O) groups is 2. The number of carbonyl (C=O) groups excluding carboxylic acids is 2. The van der Waals surface area contributed by atoms with Crippen molar-refractivity contribution in [2.75, 3.05) is 0 Å². The van der Waals surface area contributed by atoms with Crippen LogP contribution in [-0.4, -0.2) is 28.8 Å². The topological polar surface area (TPSA) is 49.4 Å². The van der Waals surface area contributed by atoms with E-state index in [0.717, 1.165) is 33.1 Å². The van der Waals surface area contributed by atoms with Crippen molar-refractivity contribution in [3.05, 3.63) is 106 Å². The van der Waals surface area contributed by atoms with Crippen molar-refractivity contribution < 1.29 is 9.59 Å². The zero-order chi connectivity index (χ0) is 24.5. The summed E-state index contributed by atoms with van der Waals surface area (Å²) in [6, 6.07) is 25.2. The summed E-state index contributed by atoms with van der Waals surface area (Å²) in [7, 11) is 0. The van der Waals surface area contributed by atoms with Crippen LogP contribution in [0.5, 0.6) is 0 Å². The Hall–Kier alpha value is -2.92. The number of hydrogen-bond donors (Lipinski definition) is 1. The lowest BCUT2D eigenvalue weighted by Gasteiger charge is -2.32. The van der Waals surface area contributed by atoms with Gasteiger partial charge in [-0.3, -0.25) is 9.59 Å². The lowest BCUT2D eigenvalue weighted by atomic mass is 10.0. The molecule has 1 N–H and O–H groups in total. The summed E-state index contributed by atoms with van der Waals surface area (Å²) in [5.41, 5.74) is 4.07. The third-order valence-corrected chi connectivity index (χ3v) is 6.50. The van der Waals surface area contributed by atoms with Crippen LogP contribution >= 0.6 is 15.9 Å². The average molecular weight is 521 g/mol. The van der Waals surface area contributed by atoms with Crippen LogP contribution in [0.4, 0.5) is 0 Å². The Morgan fingerprint density at radius 1 is 0.912 bits per heavy atom. The highest BCUT2D eigenvalue weighted by Gasteiger charge is 2.31. The molecule has 34 heavy (non-hydrogen) atoms. The second-order valence-corrected chi connectivity index (χ2v) is 9.75. The maximum atomic E-state index is 13.7. The number of aryl methyl sites for hydroxylation is 1. The zero-order valence-electron chi connectivity index (χ0n) is 20.1. The van der Waals surface area contributed by atoms with E-state index in [4.69, 9.17) is 0 Å². The van der Waals surface area contributed by atoms with Crippen molar-refractivity contribution in [3.63, 3.8) is 0 Å². The summed E-state index contributed by atoms with van der Waals surface area (Å²) in [6.07, 6.45) is 1.53. The van der Waals surface area contributed by atoms with E-state index in [1.165, 1.54) is 0 Å². The number of amides is 2. The molecule has 178 valence electrons. The lowest BCUT2D eigenvalue weighted by Crippen LogP contribution is -2.52. The van der Waals surface area contributed by atoms with Crippen molar-refractivity contribution in [2.24, 2.45) is 0 Å². The summed E-state index contributed by atoms with van der Waals surface area (Å²) in [5.74, 6) is -0.179. The standard InChI is InChI=1S/C29H33BrN2O2/c1-4-22(3)31-29(34)27(18-23-10-6-5-7-11-23)32(20-24-13-15-26(30)16-14-24)28(33)19-25-12-8-9-21(2)17-25/h5-17,22,27H,4,18-20H2,1-3H3,(H,31,34)/t22-,27+/m1/s1. The van der Waals surface area contributed by atoms with Gasteiger partial charge >= 0.3 is 0 Å². The van der Waals surface area contributed by atoms with Crippen LogP contribution in [0.15, 0.2) is 83.3 Å². The molecule has 5 heteroatoms. The molecule has 0 saturated heterocycles. The number of nitrogens with zero attached hydrogens (tertiary/aromatic N) is 1. The average Bonchev–Trinajstić information content (AvgIpc) is 2.83. The van der Waals surface area contributed by atoms with E-state index in [-0.39, 0.29) is 24.3 Å². The zero-order valence-corrected chi connectivity index (χ0v) is 21.7. The van der Waals surface area contributed by atoms with Gasteiger partial charge in [-0.15, -0.1) is 0 Å². The first-order valence-corrected chi connectivity index (χ1v) is 12.6. The second-order valence-electron chi connectivity index (χ2n) is 8.84. The Morgan fingerprint density at radius 2 is 1.59 bits per heavy atom. The van der Waals surface area contributed by atoms with Crippen molar-refractivity contribution in [3.8, 4) is 0 Å². The molecular weight excluding hydrogens is 488 g/mol. The van der Waals surface area contributed by atoms with Crippen LogP contribution in [0, 0.1) is 6.92 Å². The molecule has 0 unspecified atom stereocenters. The third-order valence-electron chi connectivity index (χ3n) is 5.98. The first-order chi connectivity index (χ1) is 16.4. The van der Waals surface area contributed by atoms with E-state index in [1.807, 2.05) is 99.6 Å². The molecule has 0 bridgehead atoms. The van der Waals surface area contributed by atoms with Crippen LogP contribution in [0.2, 0.25) is 0 Å². The molecule has 0 aliphatic carbocycles. The van der Waals surface area contributed by atoms with Gasteiger partial charge in [-0.25, -0.2) is 0 Å². The van der Waals surface area contributed by atoms with E-state index in [9.17, 15) is 9.59 Å². The predicted octanol–water partition coefficient (Wildman–Crippen LogP) is 5.85. The summed E-state index contributed by atoms with van der Waals surface area (Å²) >= 11 is 3.48. The molecule has 2 atom stereocenters. The Kier molecular flexibility index (Phi) is 9.46. The van der Waals surface area contributed by atoms with Crippen molar-refractivity contribution >= 4 is 27.7 Å². The second kappa shape index (κ2) is 12.5. The largest absolute Gasteiger partial charge is 0.352 e. The van der Waals surface area contributed by atoms with E-state index >= 15 is 0 Å². The highest BCUT2D eigenvalue weighted by Crippen LogP contribution is 2.19. The number of benzene rings is 3. The minimum atomic E-state index is -0.614. The van der Waals surface area contributed by atoms with E-state index in [1.54, 1.807) is 4.90 Å². The molecule has 0 fully saturated rings. The van der Waals surface area contributed by atoms with Gasteiger partial charge in [0.15, 0.2) is 0 Å². The molecule has 0 radical (unpaired) electrons. The Balaban J connectivity index is 1.96. The fraction of sp³-hybridized carbons (Fsp3) is 0.310. The van der Waals surface area contributed by atoms with Crippen LogP contribution in [0.3, 0.4) is 0 Å². The van der Waals surface area contributed by atoms with Crippen LogP contribution in [0.25, 0.3) is 0 Å². The van der Waals surface area contributed by atoms with E-state index in [0.29, 0.717) is 13.0 Å².